The minimum atomic E-state index is -0.697. The molecule has 1 aromatic rings. The van der Waals surface area contributed by atoms with Gasteiger partial charge in [0.2, 0.25) is 0 Å². The smallest absolute Gasteiger partial charge is 0.265 e. The molecule has 112 valence electrons. The van der Waals surface area contributed by atoms with Crippen LogP contribution in [0.2, 0.25) is 5.02 Å². The second-order valence-electron chi connectivity index (χ2n) is 5.71. The first-order chi connectivity index (χ1) is 9.41. The molecule has 1 aliphatic heterocycles. The van der Waals surface area contributed by atoms with E-state index in [9.17, 15) is 9.90 Å². The molecule has 1 N–H and O–H groups in total. The number of thiophene rings is 1. The van der Waals surface area contributed by atoms with E-state index in [0.717, 1.165) is 12.8 Å². The van der Waals surface area contributed by atoms with Crippen LogP contribution in [0.4, 0.5) is 0 Å². The third-order valence-electron chi connectivity index (χ3n) is 3.63. The van der Waals surface area contributed by atoms with Gasteiger partial charge in [0.25, 0.3) is 5.91 Å². The highest BCUT2D eigenvalue weighted by atomic mass is 35.5. The van der Waals surface area contributed by atoms with Crippen LogP contribution < -0.4 is 0 Å². The zero-order valence-electron chi connectivity index (χ0n) is 11.9. The van der Waals surface area contributed by atoms with Crippen molar-refractivity contribution < 1.29 is 9.90 Å². The predicted molar refractivity (Wildman–Crippen MR) is 82.6 cm³/mol. The number of likely N-dealkylation sites (N-methyl/N-ethyl adjacent to an activating group) is 1. The number of amides is 1. The average molecular weight is 317 g/mol. The Kier molecular flexibility index (Phi) is 5.07. The number of carbonyl (C=O) groups excluding carboxylic acids is 1. The molecular weight excluding hydrogens is 296 g/mol. The van der Waals surface area contributed by atoms with Gasteiger partial charge in [-0.05, 0) is 44.8 Å². The molecule has 1 atom stereocenters. The summed E-state index contributed by atoms with van der Waals surface area (Å²) >= 11 is 7.40. The summed E-state index contributed by atoms with van der Waals surface area (Å²) < 4.78 is 0. The molecular formula is C14H21ClN2O2S. The Hall–Kier alpha value is -0.620. The zero-order valence-corrected chi connectivity index (χ0v) is 13.5. The number of carbonyl (C=O) groups is 1. The highest BCUT2D eigenvalue weighted by molar-refractivity contribution is 7.12. The molecule has 0 unspecified atom stereocenters. The number of aliphatic hydroxyl groups is 1. The van der Waals surface area contributed by atoms with Crippen LogP contribution in [-0.4, -0.2) is 60.1 Å². The Balaban J connectivity index is 2.03. The van der Waals surface area contributed by atoms with Crippen LogP contribution in [0, 0.1) is 0 Å². The molecule has 20 heavy (non-hydrogen) atoms. The lowest BCUT2D eigenvalue weighted by Crippen LogP contribution is -2.41. The summed E-state index contributed by atoms with van der Waals surface area (Å²) in [4.78, 5) is 16.8. The maximum absolute atomic E-state index is 12.4. The predicted octanol–water partition coefficient (Wildman–Crippen LogP) is 2.32. The third kappa shape index (κ3) is 3.73. The van der Waals surface area contributed by atoms with Crippen molar-refractivity contribution in [1.29, 1.82) is 0 Å². The van der Waals surface area contributed by atoms with E-state index in [4.69, 9.17) is 11.6 Å². The monoisotopic (exact) mass is 316 g/mol. The highest BCUT2D eigenvalue weighted by Gasteiger charge is 2.32. The number of hydrogen-bond acceptors (Lipinski definition) is 4. The molecule has 0 radical (unpaired) electrons. The standard InChI is InChI=1S/C14H21ClN2O2S/c1-16(2)10-14(19)5-3-7-17(8-6-14)13(18)12-11(15)4-9-20-12/h4,9,19H,3,5-8,10H2,1-2H3/t14-/m0/s1. The molecule has 0 spiro atoms. The molecule has 1 amide bonds. The van der Waals surface area contributed by atoms with Gasteiger partial charge >= 0.3 is 0 Å². The van der Waals surface area contributed by atoms with Gasteiger partial charge in [-0.2, -0.15) is 0 Å². The first-order valence-electron chi connectivity index (χ1n) is 6.81. The molecule has 0 saturated carbocycles. The number of hydrogen-bond donors (Lipinski definition) is 1. The molecule has 1 aromatic heterocycles. The molecule has 2 rings (SSSR count). The van der Waals surface area contributed by atoms with E-state index in [1.807, 2.05) is 29.3 Å². The summed E-state index contributed by atoms with van der Waals surface area (Å²) in [5.41, 5.74) is -0.697. The van der Waals surface area contributed by atoms with Crippen LogP contribution in [0.1, 0.15) is 28.9 Å². The van der Waals surface area contributed by atoms with Gasteiger partial charge in [-0.1, -0.05) is 11.6 Å². The van der Waals surface area contributed by atoms with Crippen molar-refractivity contribution in [2.75, 3.05) is 33.7 Å². The van der Waals surface area contributed by atoms with Crippen LogP contribution in [0.15, 0.2) is 11.4 Å². The number of rotatable bonds is 3. The van der Waals surface area contributed by atoms with Crippen molar-refractivity contribution in [2.24, 2.45) is 0 Å². The number of halogens is 1. The fourth-order valence-corrected chi connectivity index (χ4v) is 3.82. The topological polar surface area (TPSA) is 43.8 Å². The van der Waals surface area contributed by atoms with Crippen LogP contribution >= 0.6 is 22.9 Å². The van der Waals surface area contributed by atoms with Crippen LogP contribution in [0.3, 0.4) is 0 Å². The number of nitrogens with zero attached hydrogens (tertiary/aromatic N) is 2. The van der Waals surface area contributed by atoms with E-state index in [2.05, 4.69) is 0 Å². The minimum absolute atomic E-state index is 0.0147. The quantitative estimate of drug-likeness (QED) is 0.930. The van der Waals surface area contributed by atoms with E-state index in [-0.39, 0.29) is 5.91 Å². The second kappa shape index (κ2) is 6.43. The molecule has 1 saturated heterocycles. The van der Waals surface area contributed by atoms with E-state index < -0.39 is 5.60 Å². The molecule has 0 aromatic carbocycles. The molecule has 0 aliphatic carbocycles. The maximum atomic E-state index is 12.4. The van der Waals surface area contributed by atoms with Crippen molar-refractivity contribution in [3.8, 4) is 0 Å². The van der Waals surface area contributed by atoms with Crippen molar-refractivity contribution >= 4 is 28.8 Å². The SMILES string of the molecule is CN(C)C[C@]1(O)CCCN(C(=O)c2sccc2Cl)CC1. The highest BCUT2D eigenvalue weighted by Crippen LogP contribution is 2.27. The Bertz CT molecular complexity index is 477. The summed E-state index contributed by atoms with van der Waals surface area (Å²) in [6.07, 6.45) is 2.16. The van der Waals surface area contributed by atoms with Crippen molar-refractivity contribution in [1.82, 2.24) is 9.80 Å². The first-order valence-corrected chi connectivity index (χ1v) is 8.06. The minimum Gasteiger partial charge on any atom is -0.388 e. The molecule has 1 aliphatic rings. The summed E-state index contributed by atoms with van der Waals surface area (Å²) in [7, 11) is 3.91. The van der Waals surface area contributed by atoms with Gasteiger partial charge in [-0.3, -0.25) is 4.79 Å². The fraction of sp³-hybridized carbons (Fsp3) is 0.643. The van der Waals surface area contributed by atoms with Gasteiger partial charge in [0.05, 0.1) is 10.6 Å². The van der Waals surface area contributed by atoms with Gasteiger partial charge in [0.1, 0.15) is 4.88 Å². The zero-order chi connectivity index (χ0) is 14.8. The Morgan fingerprint density at radius 3 is 2.85 bits per heavy atom. The van der Waals surface area contributed by atoms with Gasteiger partial charge in [-0.15, -0.1) is 11.3 Å². The normalized spacial score (nSPS) is 23.9. The van der Waals surface area contributed by atoms with Crippen LogP contribution in [0.25, 0.3) is 0 Å². The lowest BCUT2D eigenvalue weighted by Gasteiger charge is -2.29. The van der Waals surface area contributed by atoms with Gasteiger partial charge in [0.15, 0.2) is 0 Å². The maximum Gasteiger partial charge on any atom is 0.265 e. The summed E-state index contributed by atoms with van der Waals surface area (Å²) in [6, 6.07) is 1.75. The van der Waals surface area contributed by atoms with Crippen molar-refractivity contribution in [3.05, 3.63) is 21.3 Å². The van der Waals surface area contributed by atoms with Crippen LogP contribution in [-0.2, 0) is 0 Å². The Morgan fingerprint density at radius 1 is 1.50 bits per heavy atom. The van der Waals surface area contributed by atoms with E-state index in [0.29, 0.717) is 36.0 Å². The molecule has 0 bridgehead atoms. The summed E-state index contributed by atoms with van der Waals surface area (Å²) in [6.45, 7) is 1.90. The van der Waals surface area contributed by atoms with E-state index in [1.165, 1.54) is 11.3 Å². The number of likely N-dealkylation sites (tertiary alicyclic amines) is 1. The molecule has 6 heteroatoms. The Morgan fingerprint density at radius 2 is 2.25 bits per heavy atom. The molecule has 1 fully saturated rings. The fourth-order valence-electron chi connectivity index (χ4n) is 2.72. The van der Waals surface area contributed by atoms with Gasteiger partial charge < -0.3 is 14.9 Å². The van der Waals surface area contributed by atoms with Crippen molar-refractivity contribution in [2.45, 2.75) is 24.9 Å². The van der Waals surface area contributed by atoms with E-state index in [1.54, 1.807) is 6.07 Å². The second-order valence-corrected chi connectivity index (χ2v) is 7.03. The van der Waals surface area contributed by atoms with Crippen molar-refractivity contribution in [3.63, 3.8) is 0 Å². The lowest BCUT2D eigenvalue weighted by atomic mass is 9.94. The largest absolute Gasteiger partial charge is 0.388 e. The lowest BCUT2D eigenvalue weighted by molar-refractivity contribution is 0.00306. The average Bonchev–Trinajstić information content (AvgIpc) is 2.68. The molecule has 2 heterocycles. The first kappa shape index (κ1) is 15.8. The Labute approximate surface area is 128 Å². The van der Waals surface area contributed by atoms with Gasteiger partial charge in [0, 0.05) is 19.6 Å². The third-order valence-corrected chi connectivity index (χ3v) is 4.96. The molecule has 4 nitrogen and oxygen atoms in total. The summed E-state index contributed by atoms with van der Waals surface area (Å²) in [5.74, 6) is -0.0147. The van der Waals surface area contributed by atoms with Gasteiger partial charge in [-0.25, -0.2) is 0 Å². The van der Waals surface area contributed by atoms with Crippen LogP contribution in [0.5, 0.6) is 0 Å². The summed E-state index contributed by atoms with van der Waals surface area (Å²) in [5, 5.41) is 13.0. The van der Waals surface area contributed by atoms with E-state index >= 15 is 0 Å².